The van der Waals surface area contributed by atoms with E-state index in [-0.39, 0.29) is 5.78 Å². The number of benzene rings is 1. The lowest BCUT2D eigenvalue weighted by Gasteiger charge is -1.97. The molecule has 0 amide bonds. The minimum Gasteiger partial charge on any atom is -0.412 e. The second-order valence-corrected chi connectivity index (χ2v) is 2.20. The van der Waals surface area contributed by atoms with Gasteiger partial charge < -0.3 is 4.84 Å². The Labute approximate surface area is 78.5 Å². The minimum atomic E-state index is 0.0357. The summed E-state index contributed by atoms with van der Waals surface area (Å²) in [5.41, 5.74) is 0.658. The van der Waals surface area contributed by atoms with Crippen molar-refractivity contribution in [3.05, 3.63) is 29.8 Å². The smallest absolute Gasteiger partial charge is 0.159 e. The summed E-state index contributed by atoms with van der Waals surface area (Å²) in [6.07, 6.45) is 0. The third kappa shape index (κ3) is 3.71. The largest absolute Gasteiger partial charge is 0.412 e. The van der Waals surface area contributed by atoms with Crippen LogP contribution in [0.25, 0.3) is 0 Å². The first-order chi connectivity index (χ1) is 6.24. The van der Waals surface area contributed by atoms with Crippen LogP contribution in [0, 0.1) is 0 Å². The van der Waals surface area contributed by atoms with Gasteiger partial charge in [-0.05, 0) is 31.2 Å². The highest BCUT2D eigenvalue weighted by molar-refractivity contribution is 5.94. The van der Waals surface area contributed by atoms with Crippen LogP contribution in [0.3, 0.4) is 0 Å². The molecule has 0 radical (unpaired) electrons. The summed E-state index contributed by atoms with van der Waals surface area (Å²) in [7, 11) is 0. The highest BCUT2D eigenvalue weighted by Gasteiger charge is 1.97. The number of Topliss-reactive ketones (excluding diaryl/α,β-unsaturated/α-hetero) is 1. The number of ketones is 1. The molecule has 0 aliphatic heterocycles. The third-order valence-corrected chi connectivity index (χ3v) is 1.40. The molecule has 1 aromatic carbocycles. The van der Waals surface area contributed by atoms with E-state index in [1.807, 2.05) is 13.8 Å². The molecular formula is C10H15NO2. The highest BCUT2D eigenvalue weighted by atomic mass is 16.6. The van der Waals surface area contributed by atoms with Crippen LogP contribution in [0.5, 0.6) is 5.75 Å². The first-order valence-corrected chi connectivity index (χ1v) is 4.22. The fourth-order valence-corrected chi connectivity index (χ4v) is 0.768. The molecule has 0 bridgehead atoms. The zero-order valence-corrected chi connectivity index (χ0v) is 8.20. The maximum absolute atomic E-state index is 10.8. The van der Waals surface area contributed by atoms with Crippen LogP contribution in [-0.4, -0.2) is 5.78 Å². The Kier molecular flexibility index (Phi) is 5.55. The van der Waals surface area contributed by atoms with Gasteiger partial charge in [-0.1, -0.05) is 13.8 Å². The van der Waals surface area contributed by atoms with Gasteiger partial charge in [-0.3, -0.25) is 4.79 Å². The summed E-state index contributed by atoms with van der Waals surface area (Å²) in [6.45, 7) is 5.51. The van der Waals surface area contributed by atoms with Crippen molar-refractivity contribution in [3.8, 4) is 5.75 Å². The number of nitrogens with two attached hydrogens (primary N) is 1. The zero-order valence-electron chi connectivity index (χ0n) is 8.20. The van der Waals surface area contributed by atoms with Crippen LogP contribution >= 0.6 is 0 Å². The van der Waals surface area contributed by atoms with Gasteiger partial charge in [0.25, 0.3) is 0 Å². The van der Waals surface area contributed by atoms with Gasteiger partial charge in [0, 0.05) is 5.56 Å². The van der Waals surface area contributed by atoms with Crippen molar-refractivity contribution >= 4 is 5.78 Å². The van der Waals surface area contributed by atoms with E-state index in [0.717, 1.165) is 0 Å². The van der Waals surface area contributed by atoms with E-state index in [4.69, 9.17) is 5.90 Å². The average Bonchev–Trinajstić information content (AvgIpc) is 2.21. The second-order valence-electron chi connectivity index (χ2n) is 2.20. The van der Waals surface area contributed by atoms with Gasteiger partial charge >= 0.3 is 0 Å². The van der Waals surface area contributed by atoms with Crippen LogP contribution in [0.1, 0.15) is 31.1 Å². The SMILES string of the molecule is CC.CC(=O)c1ccc(ON)cc1. The maximum Gasteiger partial charge on any atom is 0.159 e. The van der Waals surface area contributed by atoms with Gasteiger partial charge in [0.05, 0.1) is 0 Å². The van der Waals surface area contributed by atoms with Gasteiger partial charge in [0.1, 0.15) is 5.75 Å². The normalized spacial score (nSPS) is 8.31. The summed E-state index contributed by atoms with van der Waals surface area (Å²) in [5, 5.41) is 0. The minimum absolute atomic E-state index is 0.0357. The number of rotatable bonds is 2. The standard InChI is InChI=1S/C8H9NO2.C2H6/c1-6(10)7-2-4-8(11-9)5-3-7;1-2/h2-5H,9H2,1H3;1-2H3. The first kappa shape index (κ1) is 11.6. The second kappa shape index (κ2) is 6.20. The van der Waals surface area contributed by atoms with Crippen molar-refractivity contribution in [1.29, 1.82) is 0 Å². The van der Waals surface area contributed by atoms with Crippen LogP contribution in [0.4, 0.5) is 0 Å². The molecule has 1 rings (SSSR count). The van der Waals surface area contributed by atoms with E-state index in [9.17, 15) is 4.79 Å². The molecule has 0 atom stereocenters. The molecule has 3 heteroatoms. The Morgan fingerprint density at radius 1 is 1.23 bits per heavy atom. The number of carbonyl (C=O) groups is 1. The third-order valence-electron chi connectivity index (χ3n) is 1.40. The van der Waals surface area contributed by atoms with E-state index in [1.165, 1.54) is 6.92 Å². The summed E-state index contributed by atoms with van der Waals surface area (Å²) in [4.78, 5) is 15.2. The van der Waals surface area contributed by atoms with Gasteiger partial charge in [-0.15, -0.1) is 0 Å². The molecule has 72 valence electrons. The Bertz CT molecular complexity index is 254. The van der Waals surface area contributed by atoms with Gasteiger partial charge in [-0.2, -0.15) is 5.90 Å². The van der Waals surface area contributed by atoms with Crippen LogP contribution < -0.4 is 10.7 Å². The molecule has 0 fully saturated rings. The summed E-state index contributed by atoms with van der Waals surface area (Å²) in [5.74, 6) is 5.48. The molecule has 0 heterocycles. The molecular weight excluding hydrogens is 166 g/mol. The van der Waals surface area contributed by atoms with E-state index >= 15 is 0 Å². The number of carbonyl (C=O) groups excluding carboxylic acids is 1. The lowest BCUT2D eigenvalue weighted by molar-refractivity contribution is 0.101. The van der Waals surface area contributed by atoms with Gasteiger partial charge in [0.2, 0.25) is 0 Å². The predicted octanol–water partition coefficient (Wildman–Crippen LogP) is 2.17. The molecule has 0 aromatic heterocycles. The topological polar surface area (TPSA) is 52.3 Å². The quantitative estimate of drug-likeness (QED) is 0.562. The Morgan fingerprint density at radius 2 is 1.69 bits per heavy atom. The van der Waals surface area contributed by atoms with Crippen molar-refractivity contribution in [1.82, 2.24) is 0 Å². The highest BCUT2D eigenvalue weighted by Crippen LogP contribution is 2.10. The van der Waals surface area contributed by atoms with Crippen LogP contribution in [0.15, 0.2) is 24.3 Å². The molecule has 0 spiro atoms. The average molecular weight is 181 g/mol. The lowest BCUT2D eigenvalue weighted by atomic mass is 10.1. The van der Waals surface area contributed by atoms with Crippen molar-refractivity contribution < 1.29 is 9.63 Å². The van der Waals surface area contributed by atoms with Crippen LogP contribution in [-0.2, 0) is 0 Å². The van der Waals surface area contributed by atoms with Crippen molar-refractivity contribution in [2.75, 3.05) is 0 Å². The van der Waals surface area contributed by atoms with Crippen molar-refractivity contribution in [3.63, 3.8) is 0 Å². The monoisotopic (exact) mass is 181 g/mol. The molecule has 2 N–H and O–H groups in total. The Balaban J connectivity index is 0.000000671. The van der Waals surface area contributed by atoms with Gasteiger partial charge in [0.15, 0.2) is 5.78 Å². The first-order valence-electron chi connectivity index (χ1n) is 4.22. The fraction of sp³-hybridized carbons (Fsp3) is 0.300. The molecule has 0 saturated heterocycles. The lowest BCUT2D eigenvalue weighted by Crippen LogP contribution is -2.01. The number of hydrogen-bond donors (Lipinski definition) is 1. The molecule has 3 nitrogen and oxygen atoms in total. The van der Waals surface area contributed by atoms with E-state index in [1.54, 1.807) is 24.3 Å². The zero-order chi connectivity index (χ0) is 10.3. The van der Waals surface area contributed by atoms with E-state index in [2.05, 4.69) is 4.84 Å². The number of hydrogen-bond acceptors (Lipinski definition) is 3. The Morgan fingerprint density at radius 3 is 2.00 bits per heavy atom. The molecule has 0 aliphatic rings. The van der Waals surface area contributed by atoms with Crippen molar-refractivity contribution in [2.24, 2.45) is 5.90 Å². The Hall–Kier alpha value is -1.35. The van der Waals surface area contributed by atoms with E-state index in [0.29, 0.717) is 11.3 Å². The van der Waals surface area contributed by atoms with Crippen LogP contribution in [0.2, 0.25) is 0 Å². The molecule has 0 unspecified atom stereocenters. The molecule has 0 saturated carbocycles. The fourth-order valence-electron chi connectivity index (χ4n) is 0.768. The maximum atomic E-state index is 10.8. The predicted molar refractivity (Wildman–Crippen MR) is 52.6 cm³/mol. The molecule has 0 aliphatic carbocycles. The van der Waals surface area contributed by atoms with Crippen molar-refractivity contribution in [2.45, 2.75) is 20.8 Å². The van der Waals surface area contributed by atoms with Gasteiger partial charge in [-0.25, -0.2) is 0 Å². The molecule has 1 aromatic rings. The molecule has 13 heavy (non-hydrogen) atoms. The summed E-state index contributed by atoms with van der Waals surface area (Å²) in [6, 6.07) is 6.64. The summed E-state index contributed by atoms with van der Waals surface area (Å²) >= 11 is 0. The summed E-state index contributed by atoms with van der Waals surface area (Å²) < 4.78 is 0. The van der Waals surface area contributed by atoms with E-state index < -0.39 is 0 Å².